The molecule has 0 saturated heterocycles. The molecule has 0 fully saturated rings. The topological polar surface area (TPSA) is 78.9 Å². The van der Waals surface area contributed by atoms with Gasteiger partial charge in [-0.25, -0.2) is 0 Å². The molecule has 0 aliphatic carbocycles. The van der Waals surface area contributed by atoms with E-state index in [0.29, 0.717) is 19.3 Å². The second-order valence-electron chi connectivity index (χ2n) is 19.5. The van der Waals surface area contributed by atoms with Crippen LogP contribution in [0.3, 0.4) is 0 Å². The van der Waals surface area contributed by atoms with Gasteiger partial charge in [0, 0.05) is 19.3 Å². The zero-order valence-corrected chi connectivity index (χ0v) is 46.5. The summed E-state index contributed by atoms with van der Waals surface area (Å²) in [6, 6.07) is 0. The van der Waals surface area contributed by atoms with E-state index in [1.54, 1.807) is 0 Å². The van der Waals surface area contributed by atoms with Crippen molar-refractivity contribution >= 4 is 17.9 Å². The third-order valence-corrected chi connectivity index (χ3v) is 12.6. The number of unbranched alkanes of at least 4 members (excludes halogenated alkanes) is 26. The quantitative estimate of drug-likeness (QED) is 0.0261. The third-order valence-electron chi connectivity index (χ3n) is 12.6. The summed E-state index contributed by atoms with van der Waals surface area (Å²) in [6.07, 6.45) is 78.3. The number of ether oxygens (including phenoxy) is 3. The van der Waals surface area contributed by atoms with Crippen molar-refractivity contribution < 1.29 is 28.6 Å². The molecule has 0 bridgehead atoms. The van der Waals surface area contributed by atoms with Crippen molar-refractivity contribution in [2.24, 2.45) is 0 Å². The fraction of sp³-hybridized carbons (Fsp3) is 0.708. The van der Waals surface area contributed by atoms with Crippen molar-refractivity contribution in [3.63, 3.8) is 0 Å². The first-order valence-corrected chi connectivity index (χ1v) is 29.7. The fourth-order valence-electron chi connectivity index (χ4n) is 8.13. The molecule has 0 amide bonds. The highest BCUT2D eigenvalue weighted by Crippen LogP contribution is 2.15. The minimum atomic E-state index is -0.813. The van der Waals surface area contributed by atoms with Crippen LogP contribution in [0.4, 0.5) is 0 Å². The molecular formula is C65H110O6. The molecule has 0 rings (SSSR count). The second-order valence-corrected chi connectivity index (χ2v) is 19.5. The van der Waals surface area contributed by atoms with E-state index in [4.69, 9.17) is 14.2 Å². The number of esters is 3. The van der Waals surface area contributed by atoms with Gasteiger partial charge in [0.05, 0.1) is 0 Å². The average molecular weight is 988 g/mol. The van der Waals surface area contributed by atoms with E-state index >= 15 is 0 Å². The first-order chi connectivity index (χ1) is 35.0. The molecule has 71 heavy (non-hydrogen) atoms. The zero-order valence-electron chi connectivity index (χ0n) is 46.5. The molecule has 1 atom stereocenters. The van der Waals surface area contributed by atoms with Crippen LogP contribution < -0.4 is 0 Å². The minimum Gasteiger partial charge on any atom is -0.462 e. The molecular weight excluding hydrogens is 877 g/mol. The number of carbonyl (C=O) groups excluding carboxylic acids is 3. The van der Waals surface area contributed by atoms with E-state index in [1.165, 1.54) is 128 Å². The lowest BCUT2D eigenvalue weighted by Gasteiger charge is -2.18. The highest BCUT2D eigenvalue weighted by molar-refractivity contribution is 5.71. The molecule has 6 heteroatoms. The molecule has 0 spiro atoms. The lowest BCUT2D eigenvalue weighted by Crippen LogP contribution is -2.30. The first-order valence-electron chi connectivity index (χ1n) is 29.7. The van der Waals surface area contributed by atoms with E-state index in [-0.39, 0.29) is 37.5 Å². The van der Waals surface area contributed by atoms with Crippen LogP contribution in [0, 0.1) is 0 Å². The van der Waals surface area contributed by atoms with Gasteiger partial charge in [-0.15, -0.1) is 0 Å². The second kappa shape index (κ2) is 58.9. The average Bonchev–Trinajstić information content (AvgIpc) is 3.37. The molecule has 0 aliphatic rings. The van der Waals surface area contributed by atoms with Crippen LogP contribution in [0.15, 0.2) is 97.2 Å². The van der Waals surface area contributed by atoms with Crippen molar-refractivity contribution in [2.45, 2.75) is 284 Å². The van der Waals surface area contributed by atoms with E-state index in [9.17, 15) is 14.4 Å². The molecule has 0 aromatic heterocycles. The van der Waals surface area contributed by atoms with Crippen LogP contribution in [-0.2, 0) is 28.6 Å². The monoisotopic (exact) mass is 987 g/mol. The van der Waals surface area contributed by atoms with Gasteiger partial charge in [0.15, 0.2) is 6.10 Å². The van der Waals surface area contributed by atoms with Crippen molar-refractivity contribution in [2.75, 3.05) is 13.2 Å². The Bertz CT molecular complexity index is 1410. The molecule has 1 unspecified atom stereocenters. The summed E-state index contributed by atoms with van der Waals surface area (Å²) in [5.41, 5.74) is 0. The fourth-order valence-corrected chi connectivity index (χ4v) is 8.13. The standard InChI is InChI=1S/C65H110O6/c1-4-7-10-13-16-19-22-25-28-30-31-32-33-35-37-40-43-46-49-52-55-58-64(67)70-61-62(60-69-63(66)57-54-51-48-45-42-39-36-27-24-21-18-15-12-9-6-3)71-65(68)59-56-53-50-47-44-41-38-34-29-26-23-20-17-14-11-8-5-2/h8,11,17,20,22,25-26,29-31,33,35,38,41,47,50,62H,4-7,9-10,12-16,18-19,21,23-24,27-28,32,34,36-37,39-40,42-46,48-49,51-61H2,1-3H3/b11-8-,20-17-,25-22-,29-26-,31-30-,35-33-,41-38-,50-47-. The maximum Gasteiger partial charge on any atom is 0.306 e. The molecule has 0 aliphatic heterocycles. The molecule has 0 saturated carbocycles. The lowest BCUT2D eigenvalue weighted by atomic mass is 10.0. The molecule has 406 valence electrons. The third kappa shape index (κ3) is 57.1. The van der Waals surface area contributed by atoms with Crippen LogP contribution in [0.1, 0.15) is 278 Å². The van der Waals surface area contributed by atoms with Crippen LogP contribution in [0.5, 0.6) is 0 Å². The Hall–Kier alpha value is -3.67. The van der Waals surface area contributed by atoms with Crippen LogP contribution in [0.2, 0.25) is 0 Å². The van der Waals surface area contributed by atoms with Gasteiger partial charge in [0.25, 0.3) is 0 Å². The molecule has 0 aromatic carbocycles. The Morgan fingerprint density at radius 3 is 0.901 bits per heavy atom. The SMILES string of the molecule is CC/C=C\C/C=C\C/C=C\C/C=C\C/C=C\CCCC(=O)OC(COC(=O)CCCCCCCC/C=C\C/C=C\C/C=C\CCCCCCC)COC(=O)CCCCCCCCCCCCCCCCC. The zero-order chi connectivity index (χ0) is 51.4. The summed E-state index contributed by atoms with van der Waals surface area (Å²) in [6.45, 7) is 6.47. The van der Waals surface area contributed by atoms with Crippen molar-refractivity contribution in [1.82, 2.24) is 0 Å². The normalized spacial score (nSPS) is 12.8. The maximum absolute atomic E-state index is 12.8. The predicted molar refractivity (Wildman–Crippen MR) is 307 cm³/mol. The number of hydrogen-bond donors (Lipinski definition) is 0. The highest BCUT2D eigenvalue weighted by atomic mass is 16.6. The van der Waals surface area contributed by atoms with Gasteiger partial charge in [-0.1, -0.05) is 259 Å². The van der Waals surface area contributed by atoms with Crippen molar-refractivity contribution in [3.05, 3.63) is 97.2 Å². The van der Waals surface area contributed by atoms with Crippen LogP contribution >= 0.6 is 0 Å². The summed E-state index contributed by atoms with van der Waals surface area (Å²) in [5.74, 6) is -0.969. The van der Waals surface area contributed by atoms with Crippen LogP contribution in [0.25, 0.3) is 0 Å². The molecule has 0 heterocycles. The summed E-state index contributed by atoms with van der Waals surface area (Å²) in [4.78, 5) is 38.2. The summed E-state index contributed by atoms with van der Waals surface area (Å²) >= 11 is 0. The van der Waals surface area contributed by atoms with Gasteiger partial charge in [-0.2, -0.15) is 0 Å². The summed E-state index contributed by atoms with van der Waals surface area (Å²) < 4.78 is 16.8. The van der Waals surface area contributed by atoms with Gasteiger partial charge in [0.1, 0.15) is 13.2 Å². The lowest BCUT2D eigenvalue weighted by molar-refractivity contribution is -0.167. The molecule has 0 N–H and O–H groups in total. The van der Waals surface area contributed by atoms with Gasteiger partial charge in [0.2, 0.25) is 0 Å². The van der Waals surface area contributed by atoms with Crippen LogP contribution in [-0.4, -0.2) is 37.2 Å². The largest absolute Gasteiger partial charge is 0.462 e. The van der Waals surface area contributed by atoms with Crippen molar-refractivity contribution in [1.29, 1.82) is 0 Å². The van der Waals surface area contributed by atoms with Crippen molar-refractivity contribution in [3.8, 4) is 0 Å². The number of rotatable bonds is 53. The van der Waals surface area contributed by atoms with Gasteiger partial charge >= 0.3 is 17.9 Å². The van der Waals surface area contributed by atoms with Gasteiger partial charge in [-0.3, -0.25) is 14.4 Å². The number of hydrogen-bond acceptors (Lipinski definition) is 6. The summed E-state index contributed by atoms with van der Waals surface area (Å²) in [5, 5.41) is 0. The minimum absolute atomic E-state index is 0.103. The Labute approximate surface area is 438 Å². The van der Waals surface area contributed by atoms with Gasteiger partial charge < -0.3 is 14.2 Å². The maximum atomic E-state index is 12.8. The number of allylic oxidation sites excluding steroid dienone is 16. The van der Waals surface area contributed by atoms with Gasteiger partial charge in [-0.05, 0) is 96.3 Å². The smallest absolute Gasteiger partial charge is 0.306 e. The molecule has 6 nitrogen and oxygen atoms in total. The van der Waals surface area contributed by atoms with E-state index in [2.05, 4.69) is 118 Å². The molecule has 0 aromatic rings. The Balaban J connectivity index is 4.47. The predicted octanol–water partition coefficient (Wildman–Crippen LogP) is 20.1. The Morgan fingerprint density at radius 1 is 0.296 bits per heavy atom. The van der Waals surface area contributed by atoms with E-state index in [0.717, 1.165) is 103 Å². The molecule has 0 radical (unpaired) electrons. The Kier molecular flexibility index (Phi) is 55.9. The first kappa shape index (κ1) is 67.3. The highest BCUT2D eigenvalue weighted by Gasteiger charge is 2.19. The van der Waals surface area contributed by atoms with E-state index < -0.39 is 6.10 Å². The Morgan fingerprint density at radius 2 is 0.563 bits per heavy atom. The number of carbonyl (C=O) groups is 3. The summed E-state index contributed by atoms with van der Waals surface area (Å²) in [7, 11) is 0. The van der Waals surface area contributed by atoms with E-state index in [1.807, 2.05) is 0 Å².